The van der Waals surface area contributed by atoms with Crippen LogP contribution in [0, 0.1) is 20.8 Å². The lowest BCUT2D eigenvalue weighted by Gasteiger charge is -2.35. The van der Waals surface area contributed by atoms with Gasteiger partial charge in [-0.05, 0) is 46.6 Å². The van der Waals surface area contributed by atoms with E-state index in [1.54, 1.807) is 0 Å². The van der Waals surface area contributed by atoms with Gasteiger partial charge in [0.2, 0.25) is 5.91 Å². The molecule has 1 aliphatic heterocycles. The molecule has 1 aliphatic rings. The molecule has 1 atom stereocenters. The van der Waals surface area contributed by atoms with Gasteiger partial charge in [0.1, 0.15) is 0 Å². The lowest BCUT2D eigenvalue weighted by Crippen LogP contribution is -2.47. The van der Waals surface area contributed by atoms with E-state index in [-0.39, 0.29) is 12.0 Å². The summed E-state index contributed by atoms with van der Waals surface area (Å²) >= 11 is 0. The summed E-state index contributed by atoms with van der Waals surface area (Å²) in [6, 6.07) is 0.503. The number of nitrogens with zero attached hydrogens (tertiary/aromatic N) is 3. The van der Waals surface area contributed by atoms with Crippen LogP contribution in [0.3, 0.4) is 0 Å². The average molecular weight is 336 g/mol. The molecule has 1 unspecified atom stereocenters. The molecule has 0 bridgehead atoms. The van der Waals surface area contributed by atoms with E-state index >= 15 is 0 Å². The van der Waals surface area contributed by atoms with Gasteiger partial charge in [-0.2, -0.15) is 5.10 Å². The highest BCUT2D eigenvalue weighted by Gasteiger charge is 2.24. The fourth-order valence-electron chi connectivity index (χ4n) is 3.07. The van der Waals surface area contributed by atoms with E-state index in [0.29, 0.717) is 25.6 Å². The van der Waals surface area contributed by atoms with Gasteiger partial charge in [-0.1, -0.05) is 0 Å². The number of carbonyl (C=O) groups excluding carboxylic acids is 1. The van der Waals surface area contributed by atoms with Crippen molar-refractivity contribution >= 4 is 5.91 Å². The minimum Gasteiger partial charge on any atom is -0.375 e. The summed E-state index contributed by atoms with van der Waals surface area (Å²) in [4.78, 5) is 14.5. The molecule has 2 heterocycles. The maximum Gasteiger partial charge on any atom is 0.222 e. The fraction of sp³-hybridized carbons (Fsp3) is 0.778. The van der Waals surface area contributed by atoms with Crippen LogP contribution in [0.25, 0.3) is 0 Å². The number of aromatic nitrogens is 2. The Labute approximate surface area is 145 Å². The Morgan fingerprint density at radius 2 is 2.12 bits per heavy atom. The number of rotatable bonds is 7. The van der Waals surface area contributed by atoms with Crippen molar-refractivity contribution < 1.29 is 9.53 Å². The second-order valence-corrected chi connectivity index (χ2v) is 7.01. The third-order valence-corrected chi connectivity index (χ3v) is 4.93. The Balaban J connectivity index is 1.67. The lowest BCUT2D eigenvalue weighted by atomic mass is 10.1. The molecule has 2 rings (SSSR count). The molecule has 0 aliphatic carbocycles. The van der Waals surface area contributed by atoms with Crippen molar-refractivity contribution in [2.45, 2.75) is 66.2 Å². The average Bonchev–Trinajstić information content (AvgIpc) is 2.79. The molecule has 0 radical (unpaired) electrons. The molecule has 0 aromatic carbocycles. The Bertz CT molecular complexity index is 553. The first-order chi connectivity index (χ1) is 11.4. The molecular formula is C18H32N4O2. The predicted octanol–water partition coefficient (Wildman–Crippen LogP) is 1.81. The number of hydrogen-bond donors (Lipinski definition) is 1. The van der Waals surface area contributed by atoms with Crippen LogP contribution in [0.2, 0.25) is 0 Å². The van der Waals surface area contributed by atoms with Crippen LogP contribution in [-0.4, -0.2) is 59.0 Å². The lowest BCUT2D eigenvalue weighted by molar-refractivity contribution is -0.126. The van der Waals surface area contributed by atoms with Gasteiger partial charge in [-0.15, -0.1) is 0 Å². The number of amides is 1. The molecular weight excluding hydrogens is 304 g/mol. The summed E-state index contributed by atoms with van der Waals surface area (Å²) in [5, 5.41) is 7.53. The minimum absolute atomic E-state index is 0.0137. The van der Waals surface area contributed by atoms with Crippen molar-refractivity contribution in [1.29, 1.82) is 0 Å². The highest BCUT2D eigenvalue weighted by atomic mass is 16.5. The summed E-state index contributed by atoms with van der Waals surface area (Å²) in [7, 11) is 0. The Morgan fingerprint density at radius 3 is 2.75 bits per heavy atom. The van der Waals surface area contributed by atoms with Crippen LogP contribution in [0.1, 0.15) is 43.6 Å². The second kappa shape index (κ2) is 8.62. The highest BCUT2D eigenvalue weighted by molar-refractivity contribution is 5.76. The monoisotopic (exact) mass is 336 g/mol. The van der Waals surface area contributed by atoms with Crippen molar-refractivity contribution in [1.82, 2.24) is 20.0 Å². The van der Waals surface area contributed by atoms with Gasteiger partial charge >= 0.3 is 0 Å². The van der Waals surface area contributed by atoms with Crippen LogP contribution in [0.4, 0.5) is 0 Å². The van der Waals surface area contributed by atoms with Gasteiger partial charge in [-0.3, -0.25) is 14.4 Å². The van der Waals surface area contributed by atoms with Gasteiger partial charge in [0, 0.05) is 37.9 Å². The largest absolute Gasteiger partial charge is 0.375 e. The summed E-state index contributed by atoms with van der Waals surface area (Å²) in [6.45, 7) is 14.6. The standard InChI is InChI=1S/C18H32N4O2/c1-13(2)21-9-10-24-17(12-21)11-18(23)19-7-6-8-22-16(5)14(3)15(4)20-22/h13,17H,6-12H2,1-5H3,(H,19,23). The fourth-order valence-corrected chi connectivity index (χ4v) is 3.07. The first-order valence-electron chi connectivity index (χ1n) is 9.01. The van der Waals surface area contributed by atoms with Gasteiger partial charge in [0.15, 0.2) is 0 Å². The quantitative estimate of drug-likeness (QED) is 0.772. The summed E-state index contributed by atoms with van der Waals surface area (Å²) in [6.07, 6.45) is 1.35. The van der Waals surface area contributed by atoms with E-state index < -0.39 is 0 Å². The third kappa shape index (κ3) is 5.05. The van der Waals surface area contributed by atoms with Gasteiger partial charge in [0.25, 0.3) is 0 Å². The third-order valence-electron chi connectivity index (χ3n) is 4.93. The summed E-state index contributed by atoms with van der Waals surface area (Å²) < 4.78 is 7.75. The van der Waals surface area contributed by atoms with E-state index in [2.05, 4.69) is 43.0 Å². The van der Waals surface area contributed by atoms with E-state index in [0.717, 1.165) is 31.7 Å². The zero-order valence-electron chi connectivity index (χ0n) is 15.8. The van der Waals surface area contributed by atoms with Crippen molar-refractivity contribution in [3.05, 3.63) is 17.0 Å². The molecule has 1 aromatic rings. The number of ether oxygens (including phenoxy) is 1. The molecule has 6 heteroatoms. The van der Waals surface area contributed by atoms with E-state index in [4.69, 9.17) is 4.74 Å². The van der Waals surface area contributed by atoms with Gasteiger partial charge in [-0.25, -0.2) is 0 Å². The van der Waals surface area contributed by atoms with Crippen LogP contribution in [0.15, 0.2) is 0 Å². The first kappa shape index (κ1) is 18.9. The van der Waals surface area contributed by atoms with Crippen LogP contribution in [-0.2, 0) is 16.1 Å². The van der Waals surface area contributed by atoms with Crippen molar-refractivity contribution in [3.8, 4) is 0 Å². The number of hydrogen-bond acceptors (Lipinski definition) is 4. The molecule has 6 nitrogen and oxygen atoms in total. The normalized spacial score (nSPS) is 19.0. The molecule has 0 saturated carbocycles. The molecule has 24 heavy (non-hydrogen) atoms. The maximum absolute atomic E-state index is 12.1. The van der Waals surface area contributed by atoms with Gasteiger partial charge < -0.3 is 10.1 Å². The molecule has 1 amide bonds. The van der Waals surface area contributed by atoms with Crippen molar-refractivity contribution in [2.24, 2.45) is 0 Å². The Hall–Kier alpha value is -1.40. The summed E-state index contributed by atoms with van der Waals surface area (Å²) in [5.74, 6) is 0.0788. The van der Waals surface area contributed by atoms with E-state index in [1.165, 1.54) is 11.3 Å². The smallest absolute Gasteiger partial charge is 0.222 e. The molecule has 1 aromatic heterocycles. The van der Waals surface area contributed by atoms with Gasteiger partial charge in [0.05, 0.1) is 24.8 Å². The Kier molecular flexibility index (Phi) is 6.80. The Morgan fingerprint density at radius 1 is 1.38 bits per heavy atom. The second-order valence-electron chi connectivity index (χ2n) is 7.01. The molecule has 1 fully saturated rings. The zero-order chi connectivity index (χ0) is 17.7. The van der Waals surface area contributed by atoms with Crippen molar-refractivity contribution in [2.75, 3.05) is 26.2 Å². The molecule has 0 spiro atoms. The number of morpholine rings is 1. The number of carbonyl (C=O) groups is 1. The zero-order valence-corrected chi connectivity index (χ0v) is 15.8. The maximum atomic E-state index is 12.1. The highest BCUT2D eigenvalue weighted by Crippen LogP contribution is 2.12. The SMILES string of the molecule is Cc1nn(CCCNC(=O)CC2CN(C(C)C)CCO2)c(C)c1C. The van der Waals surface area contributed by atoms with Crippen molar-refractivity contribution in [3.63, 3.8) is 0 Å². The topological polar surface area (TPSA) is 59.4 Å². The minimum atomic E-state index is 0.0137. The number of nitrogens with one attached hydrogen (secondary N) is 1. The summed E-state index contributed by atoms with van der Waals surface area (Å²) in [5.41, 5.74) is 3.55. The molecule has 1 N–H and O–H groups in total. The van der Waals surface area contributed by atoms with E-state index in [1.807, 2.05) is 11.6 Å². The number of aryl methyl sites for hydroxylation is 2. The predicted molar refractivity (Wildman–Crippen MR) is 95.1 cm³/mol. The van der Waals surface area contributed by atoms with Crippen LogP contribution < -0.4 is 5.32 Å². The first-order valence-corrected chi connectivity index (χ1v) is 9.01. The molecule has 136 valence electrons. The van der Waals surface area contributed by atoms with Crippen LogP contribution in [0.5, 0.6) is 0 Å². The van der Waals surface area contributed by atoms with Crippen LogP contribution >= 0.6 is 0 Å². The van der Waals surface area contributed by atoms with E-state index in [9.17, 15) is 4.79 Å². The molecule has 1 saturated heterocycles.